The van der Waals surface area contributed by atoms with Gasteiger partial charge in [-0.1, -0.05) is 59.1 Å². The minimum absolute atomic E-state index is 0.0665. The van der Waals surface area contributed by atoms with Crippen molar-refractivity contribution in [2.24, 2.45) is 0 Å². The summed E-state index contributed by atoms with van der Waals surface area (Å²) in [5.74, 6) is 0. The molecule has 0 saturated carbocycles. The Morgan fingerprint density at radius 1 is 1.14 bits per heavy atom. The molecule has 0 aromatic heterocycles. The fourth-order valence-electron chi connectivity index (χ4n) is 2.97. The largest absolute Gasteiger partial charge is 0.447 e. The second-order valence-electron chi connectivity index (χ2n) is 5.54. The van der Waals surface area contributed by atoms with Gasteiger partial charge in [-0.25, -0.2) is 4.79 Å². The van der Waals surface area contributed by atoms with E-state index in [9.17, 15) is 4.79 Å². The maximum absolute atomic E-state index is 12.2. The lowest BCUT2D eigenvalue weighted by atomic mass is 10.0. The molecule has 2 aliphatic heterocycles. The average molecular weight is 354 g/mol. The van der Waals surface area contributed by atoms with E-state index in [1.165, 1.54) is 6.42 Å². The number of alkyl halides is 1. The first-order valence-electron chi connectivity index (χ1n) is 7.53. The first kappa shape index (κ1) is 14.9. The molecule has 1 aromatic carbocycles. The van der Waals surface area contributed by atoms with E-state index in [1.54, 1.807) is 4.90 Å². The molecule has 1 amide bonds. The summed E-state index contributed by atoms with van der Waals surface area (Å²) in [7, 11) is 0. The minimum atomic E-state index is -0.279. The van der Waals surface area contributed by atoms with Gasteiger partial charge in [0.15, 0.2) is 0 Å². The Bertz CT molecular complexity index is 482. The predicted molar refractivity (Wildman–Crippen MR) is 83.3 cm³/mol. The van der Waals surface area contributed by atoms with Crippen molar-refractivity contribution in [1.29, 1.82) is 0 Å². The maximum Gasteiger partial charge on any atom is 0.412 e. The first-order valence-corrected chi connectivity index (χ1v) is 8.44. The van der Waals surface area contributed by atoms with Gasteiger partial charge in [-0.05, 0) is 18.4 Å². The summed E-state index contributed by atoms with van der Waals surface area (Å²) < 4.78 is 11.3. The molecule has 5 heteroatoms. The number of amides is 1. The predicted octanol–water partition coefficient (Wildman–Crippen LogP) is 3.86. The molecule has 1 aromatic rings. The molecule has 3 rings (SSSR count). The van der Waals surface area contributed by atoms with Crippen LogP contribution in [0.15, 0.2) is 30.3 Å². The molecule has 114 valence electrons. The van der Waals surface area contributed by atoms with Crippen molar-refractivity contribution in [2.75, 3.05) is 13.2 Å². The minimum Gasteiger partial charge on any atom is -0.447 e. The zero-order valence-corrected chi connectivity index (χ0v) is 13.5. The SMILES string of the molecule is O=C1OC[C@@H](c2ccccc2)N1[C@@H]1OCCCCC[C@H]1Br. The molecule has 0 spiro atoms. The van der Waals surface area contributed by atoms with Crippen LogP contribution in [0, 0.1) is 0 Å². The number of benzene rings is 1. The second-order valence-corrected chi connectivity index (χ2v) is 6.71. The maximum atomic E-state index is 12.2. The molecule has 2 saturated heterocycles. The van der Waals surface area contributed by atoms with Gasteiger partial charge in [-0.15, -0.1) is 0 Å². The number of carbonyl (C=O) groups is 1. The molecule has 4 nitrogen and oxygen atoms in total. The van der Waals surface area contributed by atoms with Crippen LogP contribution in [0.5, 0.6) is 0 Å². The summed E-state index contributed by atoms with van der Waals surface area (Å²) in [4.78, 5) is 14.1. The molecule has 3 atom stereocenters. The Hall–Kier alpha value is -1.07. The number of carbonyl (C=O) groups excluding carboxylic acids is 1. The Labute approximate surface area is 133 Å². The van der Waals surface area contributed by atoms with E-state index >= 15 is 0 Å². The number of rotatable bonds is 2. The molecular formula is C16H20BrNO3. The third kappa shape index (κ3) is 3.24. The molecule has 2 aliphatic rings. The normalized spacial score (nSPS) is 30.6. The van der Waals surface area contributed by atoms with Crippen LogP contribution in [0.3, 0.4) is 0 Å². The molecular weight excluding hydrogens is 334 g/mol. The number of ether oxygens (including phenoxy) is 2. The van der Waals surface area contributed by atoms with Crippen molar-refractivity contribution in [2.45, 2.75) is 42.8 Å². The van der Waals surface area contributed by atoms with Crippen molar-refractivity contribution in [3.8, 4) is 0 Å². The highest BCUT2D eigenvalue weighted by molar-refractivity contribution is 9.09. The summed E-state index contributed by atoms with van der Waals surface area (Å²) >= 11 is 3.70. The van der Waals surface area contributed by atoms with E-state index in [1.807, 2.05) is 30.3 Å². The highest BCUT2D eigenvalue weighted by Gasteiger charge is 2.42. The molecule has 0 N–H and O–H groups in total. The highest BCUT2D eigenvalue weighted by atomic mass is 79.9. The van der Waals surface area contributed by atoms with Gasteiger partial charge in [0.1, 0.15) is 12.8 Å². The van der Waals surface area contributed by atoms with Gasteiger partial charge < -0.3 is 9.47 Å². The summed E-state index contributed by atoms with van der Waals surface area (Å²) in [5, 5.41) is 0. The van der Waals surface area contributed by atoms with E-state index in [-0.39, 0.29) is 23.2 Å². The smallest absolute Gasteiger partial charge is 0.412 e. The van der Waals surface area contributed by atoms with Crippen LogP contribution < -0.4 is 0 Å². The zero-order chi connectivity index (χ0) is 14.7. The quantitative estimate of drug-likeness (QED) is 0.757. The lowest BCUT2D eigenvalue weighted by Crippen LogP contribution is -2.45. The van der Waals surface area contributed by atoms with Crippen molar-refractivity contribution < 1.29 is 14.3 Å². The van der Waals surface area contributed by atoms with Crippen molar-refractivity contribution >= 4 is 22.0 Å². The Kier molecular flexibility index (Phi) is 4.80. The average Bonchev–Trinajstić information content (AvgIpc) is 2.86. The molecule has 0 bridgehead atoms. The summed E-state index contributed by atoms with van der Waals surface area (Å²) in [6.45, 7) is 1.08. The van der Waals surface area contributed by atoms with Gasteiger partial charge in [0.25, 0.3) is 0 Å². The van der Waals surface area contributed by atoms with Crippen LogP contribution in [-0.4, -0.2) is 35.3 Å². The topological polar surface area (TPSA) is 38.8 Å². The van der Waals surface area contributed by atoms with Crippen LogP contribution in [0.1, 0.15) is 37.3 Å². The third-order valence-corrected chi connectivity index (χ3v) is 5.00. The lowest BCUT2D eigenvalue weighted by Gasteiger charge is -2.35. The number of halogens is 1. The van der Waals surface area contributed by atoms with E-state index in [4.69, 9.17) is 9.47 Å². The summed E-state index contributed by atoms with van der Waals surface area (Å²) in [6, 6.07) is 9.95. The van der Waals surface area contributed by atoms with E-state index in [2.05, 4.69) is 15.9 Å². The van der Waals surface area contributed by atoms with Crippen LogP contribution in [-0.2, 0) is 9.47 Å². The monoisotopic (exact) mass is 353 g/mol. The summed E-state index contributed by atoms with van der Waals surface area (Å²) in [5.41, 5.74) is 1.09. The number of hydrogen-bond donors (Lipinski definition) is 0. The van der Waals surface area contributed by atoms with Crippen LogP contribution in [0.25, 0.3) is 0 Å². The zero-order valence-electron chi connectivity index (χ0n) is 11.9. The van der Waals surface area contributed by atoms with Gasteiger partial charge >= 0.3 is 6.09 Å². The Morgan fingerprint density at radius 2 is 1.95 bits per heavy atom. The van der Waals surface area contributed by atoms with Gasteiger partial charge in [0.2, 0.25) is 0 Å². The van der Waals surface area contributed by atoms with E-state index in [0.717, 1.165) is 24.8 Å². The van der Waals surface area contributed by atoms with Gasteiger partial charge in [-0.2, -0.15) is 0 Å². The van der Waals surface area contributed by atoms with Gasteiger partial charge in [-0.3, -0.25) is 4.90 Å². The van der Waals surface area contributed by atoms with Crippen molar-refractivity contribution in [1.82, 2.24) is 4.90 Å². The summed E-state index contributed by atoms with van der Waals surface area (Å²) in [6.07, 6.45) is 3.87. The Balaban J connectivity index is 1.84. The number of hydrogen-bond acceptors (Lipinski definition) is 3. The highest BCUT2D eigenvalue weighted by Crippen LogP contribution is 2.34. The van der Waals surface area contributed by atoms with Crippen molar-refractivity contribution in [3.63, 3.8) is 0 Å². The lowest BCUT2D eigenvalue weighted by molar-refractivity contribution is -0.0527. The molecule has 0 aliphatic carbocycles. The molecule has 21 heavy (non-hydrogen) atoms. The first-order chi connectivity index (χ1) is 10.3. The van der Waals surface area contributed by atoms with Crippen molar-refractivity contribution in [3.05, 3.63) is 35.9 Å². The van der Waals surface area contributed by atoms with Gasteiger partial charge in [0.05, 0.1) is 10.9 Å². The second kappa shape index (κ2) is 6.79. The molecule has 0 radical (unpaired) electrons. The molecule has 2 fully saturated rings. The number of cyclic esters (lactones) is 1. The van der Waals surface area contributed by atoms with Gasteiger partial charge in [0, 0.05) is 6.61 Å². The standard InChI is InChI=1S/C16H20BrNO3/c17-13-9-5-2-6-10-20-15(13)18-14(11-21-16(18)19)12-7-3-1-4-8-12/h1,3-4,7-8,13-15H,2,5-6,9-11H2/t13-,14+,15-/m1/s1. The molecule has 0 unspecified atom stereocenters. The van der Waals surface area contributed by atoms with Crippen LogP contribution in [0.2, 0.25) is 0 Å². The van der Waals surface area contributed by atoms with E-state index < -0.39 is 0 Å². The van der Waals surface area contributed by atoms with Crippen LogP contribution in [0.4, 0.5) is 4.79 Å². The molecule has 2 heterocycles. The fourth-order valence-corrected chi connectivity index (χ4v) is 3.70. The third-order valence-electron chi connectivity index (χ3n) is 4.09. The van der Waals surface area contributed by atoms with Crippen LogP contribution >= 0.6 is 15.9 Å². The number of nitrogens with zero attached hydrogens (tertiary/aromatic N) is 1. The fraction of sp³-hybridized carbons (Fsp3) is 0.562. The Morgan fingerprint density at radius 3 is 2.76 bits per heavy atom. The van der Waals surface area contributed by atoms with E-state index in [0.29, 0.717) is 13.2 Å².